The van der Waals surface area contributed by atoms with Gasteiger partial charge in [0.15, 0.2) is 10.9 Å². The van der Waals surface area contributed by atoms with E-state index in [1.165, 1.54) is 12.3 Å². The van der Waals surface area contributed by atoms with E-state index in [1.54, 1.807) is 42.5 Å². The van der Waals surface area contributed by atoms with Crippen LogP contribution in [-0.4, -0.2) is 22.8 Å². The molecule has 0 saturated carbocycles. The summed E-state index contributed by atoms with van der Waals surface area (Å²) in [4.78, 5) is 36.3. The Morgan fingerprint density at radius 1 is 0.833 bits per heavy atom. The Labute approximate surface area is 177 Å². The molecule has 2 aromatic carbocycles. The van der Waals surface area contributed by atoms with Crippen molar-refractivity contribution in [1.29, 1.82) is 0 Å². The Morgan fingerprint density at radius 3 is 2.27 bits per heavy atom. The lowest BCUT2D eigenvalue weighted by atomic mass is 10.1. The number of amides is 3. The molecule has 0 bridgehead atoms. The minimum Gasteiger partial charge on any atom is -0.459 e. The number of hydrogen-bond donors (Lipinski definition) is 4. The number of furan rings is 1. The molecule has 0 aliphatic carbocycles. The molecule has 0 radical (unpaired) electrons. The molecule has 0 unspecified atom stereocenters. The van der Waals surface area contributed by atoms with Crippen molar-refractivity contribution in [1.82, 2.24) is 16.2 Å². The van der Waals surface area contributed by atoms with E-state index in [1.807, 2.05) is 19.1 Å². The van der Waals surface area contributed by atoms with E-state index in [0.717, 1.165) is 5.56 Å². The molecule has 0 fully saturated rings. The second-order valence-corrected chi connectivity index (χ2v) is 6.65. The van der Waals surface area contributed by atoms with Crippen LogP contribution in [0.4, 0.5) is 5.69 Å². The number of benzene rings is 2. The largest absolute Gasteiger partial charge is 0.459 e. The number of carbonyl (C=O) groups excluding carboxylic acids is 3. The van der Waals surface area contributed by atoms with E-state index < -0.39 is 11.8 Å². The Kier molecular flexibility index (Phi) is 6.56. The van der Waals surface area contributed by atoms with Crippen molar-refractivity contribution in [2.24, 2.45) is 0 Å². The number of rotatable bonds is 4. The van der Waals surface area contributed by atoms with Crippen LogP contribution >= 0.6 is 12.2 Å². The molecule has 0 atom stereocenters. The summed E-state index contributed by atoms with van der Waals surface area (Å²) in [7, 11) is 0. The summed E-state index contributed by atoms with van der Waals surface area (Å²) >= 11 is 4.95. The molecule has 30 heavy (non-hydrogen) atoms. The number of hydrazine groups is 1. The van der Waals surface area contributed by atoms with E-state index in [2.05, 4.69) is 21.5 Å². The monoisotopic (exact) mass is 422 g/mol. The molecule has 3 aromatic rings. The predicted octanol–water partition coefficient (Wildman–Crippen LogP) is 2.79. The normalized spacial score (nSPS) is 10.0. The van der Waals surface area contributed by atoms with Crippen molar-refractivity contribution in [2.45, 2.75) is 6.92 Å². The SMILES string of the molecule is Cc1cccc(C(=O)Nc2ccc(C(=O)NNC(=S)NC(=O)c3ccco3)cc2)c1. The van der Waals surface area contributed by atoms with Crippen molar-refractivity contribution in [3.05, 3.63) is 89.4 Å². The van der Waals surface area contributed by atoms with Crippen LogP contribution < -0.4 is 21.5 Å². The van der Waals surface area contributed by atoms with Crippen molar-refractivity contribution in [3.8, 4) is 0 Å². The summed E-state index contributed by atoms with van der Waals surface area (Å²) < 4.78 is 4.95. The fourth-order valence-corrected chi connectivity index (χ4v) is 2.63. The molecule has 3 amide bonds. The van der Waals surface area contributed by atoms with Crippen molar-refractivity contribution in [3.63, 3.8) is 0 Å². The van der Waals surface area contributed by atoms with Crippen LogP contribution in [0.1, 0.15) is 36.8 Å². The molecule has 9 heteroatoms. The van der Waals surface area contributed by atoms with Gasteiger partial charge in [-0.05, 0) is 67.7 Å². The van der Waals surface area contributed by atoms with E-state index in [0.29, 0.717) is 16.8 Å². The Morgan fingerprint density at radius 2 is 1.60 bits per heavy atom. The summed E-state index contributed by atoms with van der Waals surface area (Å²) in [6.45, 7) is 1.91. The highest BCUT2D eigenvalue weighted by molar-refractivity contribution is 7.80. The summed E-state index contributed by atoms with van der Waals surface area (Å²) in [6.07, 6.45) is 1.36. The fourth-order valence-electron chi connectivity index (χ4n) is 2.48. The topological polar surface area (TPSA) is 112 Å². The maximum absolute atomic E-state index is 12.3. The third kappa shape index (κ3) is 5.52. The Balaban J connectivity index is 1.50. The van der Waals surface area contributed by atoms with Gasteiger partial charge in [-0.2, -0.15) is 0 Å². The second kappa shape index (κ2) is 9.48. The highest BCUT2D eigenvalue weighted by Crippen LogP contribution is 2.12. The molecule has 0 saturated heterocycles. The molecule has 0 aliphatic rings. The van der Waals surface area contributed by atoms with Crippen LogP contribution in [0, 0.1) is 6.92 Å². The number of thiocarbonyl (C=S) groups is 1. The van der Waals surface area contributed by atoms with Gasteiger partial charge in [0, 0.05) is 16.8 Å². The number of hydrogen-bond acceptors (Lipinski definition) is 5. The zero-order chi connectivity index (χ0) is 21.5. The summed E-state index contributed by atoms with van der Waals surface area (Å²) in [5.41, 5.74) is 7.23. The summed E-state index contributed by atoms with van der Waals surface area (Å²) in [6, 6.07) is 16.6. The number of anilines is 1. The fraction of sp³-hybridized carbons (Fsp3) is 0.0476. The smallest absolute Gasteiger partial charge is 0.293 e. The van der Waals surface area contributed by atoms with E-state index in [4.69, 9.17) is 16.6 Å². The molecule has 4 N–H and O–H groups in total. The molecular weight excluding hydrogens is 404 g/mol. The third-order valence-corrected chi connectivity index (χ3v) is 4.15. The van der Waals surface area contributed by atoms with Gasteiger partial charge in [-0.15, -0.1) is 0 Å². The average molecular weight is 422 g/mol. The first-order chi connectivity index (χ1) is 14.4. The molecule has 3 rings (SSSR count). The predicted molar refractivity (Wildman–Crippen MR) is 115 cm³/mol. The third-order valence-electron chi connectivity index (χ3n) is 3.95. The van der Waals surface area contributed by atoms with Gasteiger partial charge in [0.05, 0.1) is 6.26 Å². The zero-order valence-electron chi connectivity index (χ0n) is 15.9. The van der Waals surface area contributed by atoms with E-state index in [9.17, 15) is 14.4 Å². The lowest BCUT2D eigenvalue weighted by molar-refractivity contribution is 0.0927. The molecule has 8 nitrogen and oxygen atoms in total. The first kappa shape index (κ1) is 20.7. The van der Waals surface area contributed by atoms with Crippen LogP contribution in [-0.2, 0) is 0 Å². The zero-order valence-corrected chi connectivity index (χ0v) is 16.7. The van der Waals surface area contributed by atoms with Crippen molar-refractivity contribution in [2.75, 3.05) is 5.32 Å². The highest BCUT2D eigenvalue weighted by atomic mass is 32.1. The number of carbonyl (C=O) groups is 3. The van der Waals surface area contributed by atoms with Gasteiger partial charge in [0.25, 0.3) is 17.7 Å². The van der Waals surface area contributed by atoms with Crippen molar-refractivity contribution < 1.29 is 18.8 Å². The average Bonchev–Trinajstić information content (AvgIpc) is 3.27. The van der Waals surface area contributed by atoms with Crippen LogP contribution in [0.15, 0.2) is 71.3 Å². The van der Waals surface area contributed by atoms with E-state index >= 15 is 0 Å². The quantitative estimate of drug-likeness (QED) is 0.380. The van der Waals surface area contributed by atoms with Gasteiger partial charge < -0.3 is 9.73 Å². The lowest BCUT2D eigenvalue weighted by Gasteiger charge is -2.11. The molecule has 1 aromatic heterocycles. The summed E-state index contributed by atoms with van der Waals surface area (Å²) in [5.74, 6) is -1.16. The minimum atomic E-state index is -0.541. The van der Waals surface area contributed by atoms with Gasteiger partial charge in [0.1, 0.15) is 0 Å². The van der Waals surface area contributed by atoms with Crippen LogP contribution in [0.25, 0.3) is 0 Å². The Bertz CT molecular complexity index is 1080. The summed E-state index contributed by atoms with van der Waals surface area (Å²) in [5, 5.41) is 5.05. The van der Waals surface area contributed by atoms with Gasteiger partial charge >= 0.3 is 0 Å². The molecule has 0 aliphatic heterocycles. The van der Waals surface area contributed by atoms with Crippen LogP contribution in [0.2, 0.25) is 0 Å². The Hall–Kier alpha value is -3.98. The lowest BCUT2D eigenvalue weighted by Crippen LogP contribution is -2.48. The highest BCUT2D eigenvalue weighted by Gasteiger charge is 2.12. The van der Waals surface area contributed by atoms with Gasteiger partial charge in [-0.25, -0.2) is 0 Å². The maximum Gasteiger partial charge on any atom is 0.293 e. The van der Waals surface area contributed by atoms with Gasteiger partial charge in [0.2, 0.25) is 0 Å². The first-order valence-electron chi connectivity index (χ1n) is 8.85. The van der Waals surface area contributed by atoms with Gasteiger partial charge in [-0.3, -0.25) is 30.6 Å². The number of aryl methyl sites for hydroxylation is 1. The van der Waals surface area contributed by atoms with Crippen LogP contribution in [0.5, 0.6) is 0 Å². The van der Waals surface area contributed by atoms with Crippen molar-refractivity contribution >= 4 is 40.7 Å². The molecule has 152 valence electrons. The molecular formula is C21H18N4O4S. The minimum absolute atomic E-state index is 0.0909. The second-order valence-electron chi connectivity index (χ2n) is 6.24. The van der Waals surface area contributed by atoms with Gasteiger partial charge in [-0.1, -0.05) is 17.7 Å². The standard InChI is InChI=1S/C21H18N4O4S/c1-13-4-2-5-15(12-13)18(26)22-16-9-7-14(8-10-16)19(27)24-25-21(30)23-20(28)17-6-3-11-29-17/h2-12H,1H3,(H,22,26)(H,24,27)(H2,23,25,28,30). The van der Waals surface area contributed by atoms with E-state index in [-0.39, 0.29) is 16.8 Å². The first-order valence-corrected chi connectivity index (χ1v) is 9.26. The number of nitrogens with one attached hydrogen (secondary N) is 4. The molecule has 1 heterocycles. The maximum atomic E-state index is 12.3. The van der Waals surface area contributed by atoms with Crippen LogP contribution in [0.3, 0.4) is 0 Å². The molecule has 0 spiro atoms.